The number of aliphatic hydroxyl groups excluding tert-OH is 2. The molecule has 0 spiro atoms. The van der Waals surface area contributed by atoms with Gasteiger partial charge in [0.1, 0.15) is 0 Å². The van der Waals surface area contributed by atoms with Crippen molar-refractivity contribution < 1.29 is 15.0 Å². The third-order valence-corrected chi connectivity index (χ3v) is 4.11. The Morgan fingerprint density at radius 3 is 2.75 bits per heavy atom. The minimum atomic E-state index is -0.937. The zero-order valence-corrected chi connectivity index (χ0v) is 10.6. The van der Waals surface area contributed by atoms with Crippen molar-refractivity contribution in [2.24, 2.45) is 0 Å². The quantitative estimate of drug-likeness (QED) is 0.659. The Labute approximate surface area is 103 Å². The van der Waals surface area contributed by atoms with E-state index in [0.717, 1.165) is 4.21 Å². The first kappa shape index (κ1) is 13.5. The van der Waals surface area contributed by atoms with Gasteiger partial charge in [0.15, 0.2) is 0 Å². The fourth-order valence-corrected chi connectivity index (χ4v) is 2.57. The van der Waals surface area contributed by atoms with Crippen LogP contribution in [-0.2, 0) is 4.79 Å². The van der Waals surface area contributed by atoms with Crippen LogP contribution in [0.15, 0.2) is 21.7 Å². The van der Waals surface area contributed by atoms with E-state index in [9.17, 15) is 4.79 Å². The topological polar surface area (TPSA) is 69.6 Å². The summed E-state index contributed by atoms with van der Waals surface area (Å²) in [5.74, 6) is 0.0971. The number of nitrogens with one attached hydrogen (secondary N) is 1. The molecular formula is C10H15NO3S2. The highest BCUT2D eigenvalue weighted by molar-refractivity contribution is 8.01. The smallest absolute Gasteiger partial charge is 0.230 e. The SMILES string of the molecule is CC(CO)(CO)NC(=O)CSc1cccs1. The molecule has 0 aliphatic rings. The van der Waals surface area contributed by atoms with Crippen LogP contribution < -0.4 is 5.32 Å². The van der Waals surface area contributed by atoms with Gasteiger partial charge in [-0.2, -0.15) is 0 Å². The lowest BCUT2D eigenvalue weighted by atomic mass is 10.1. The van der Waals surface area contributed by atoms with E-state index < -0.39 is 5.54 Å². The Morgan fingerprint density at radius 2 is 2.25 bits per heavy atom. The number of thiophene rings is 1. The number of carbonyl (C=O) groups excluding carboxylic acids is 1. The Bertz CT molecular complexity index is 323. The molecule has 90 valence electrons. The number of thioether (sulfide) groups is 1. The van der Waals surface area contributed by atoms with Crippen molar-refractivity contribution in [3.63, 3.8) is 0 Å². The first-order chi connectivity index (χ1) is 7.59. The van der Waals surface area contributed by atoms with Crippen LogP contribution in [0.2, 0.25) is 0 Å². The van der Waals surface area contributed by atoms with Crippen LogP contribution in [0.4, 0.5) is 0 Å². The largest absolute Gasteiger partial charge is 0.394 e. The van der Waals surface area contributed by atoms with Gasteiger partial charge < -0.3 is 15.5 Å². The summed E-state index contributed by atoms with van der Waals surface area (Å²) >= 11 is 3.02. The molecule has 0 bridgehead atoms. The maximum Gasteiger partial charge on any atom is 0.230 e. The molecule has 0 saturated heterocycles. The van der Waals surface area contributed by atoms with Gasteiger partial charge in [-0.3, -0.25) is 4.79 Å². The van der Waals surface area contributed by atoms with Gasteiger partial charge in [0.05, 0.1) is 28.7 Å². The molecule has 3 N–H and O–H groups in total. The van der Waals surface area contributed by atoms with Crippen molar-refractivity contribution in [2.75, 3.05) is 19.0 Å². The van der Waals surface area contributed by atoms with Crippen molar-refractivity contribution in [3.8, 4) is 0 Å². The van der Waals surface area contributed by atoms with Crippen LogP contribution in [0.5, 0.6) is 0 Å². The molecule has 0 radical (unpaired) electrons. The maximum atomic E-state index is 11.5. The van der Waals surface area contributed by atoms with Gasteiger partial charge in [-0.25, -0.2) is 0 Å². The summed E-state index contributed by atoms with van der Waals surface area (Å²) in [7, 11) is 0. The lowest BCUT2D eigenvalue weighted by Gasteiger charge is -2.25. The van der Waals surface area contributed by atoms with E-state index >= 15 is 0 Å². The van der Waals surface area contributed by atoms with Crippen LogP contribution >= 0.6 is 23.1 Å². The van der Waals surface area contributed by atoms with Crippen molar-refractivity contribution in [1.29, 1.82) is 0 Å². The molecule has 1 amide bonds. The van der Waals surface area contributed by atoms with Crippen molar-refractivity contribution in [1.82, 2.24) is 5.32 Å². The Hall–Kier alpha value is -0.560. The monoisotopic (exact) mass is 261 g/mol. The second-order valence-electron chi connectivity index (χ2n) is 3.65. The standard InChI is InChI=1S/C10H15NO3S2/c1-10(6-12,7-13)11-8(14)5-16-9-3-2-4-15-9/h2-4,12-13H,5-7H2,1H3,(H,11,14). The Kier molecular flexibility index (Phi) is 5.27. The van der Waals surface area contributed by atoms with Crippen LogP contribution in [0.25, 0.3) is 0 Å². The average Bonchev–Trinajstić information content (AvgIpc) is 2.79. The zero-order chi connectivity index (χ0) is 12.0. The fraction of sp³-hybridized carbons (Fsp3) is 0.500. The number of hydrogen-bond acceptors (Lipinski definition) is 5. The summed E-state index contributed by atoms with van der Waals surface area (Å²) < 4.78 is 1.07. The number of aliphatic hydroxyl groups is 2. The highest BCUT2D eigenvalue weighted by Gasteiger charge is 2.24. The Balaban J connectivity index is 2.36. The molecule has 0 unspecified atom stereocenters. The summed E-state index contributed by atoms with van der Waals surface area (Å²) in [5.41, 5.74) is -0.937. The summed E-state index contributed by atoms with van der Waals surface area (Å²) in [5, 5.41) is 22.6. The minimum absolute atomic E-state index is 0.191. The molecule has 1 aromatic heterocycles. The van der Waals surface area contributed by atoms with E-state index in [1.54, 1.807) is 18.3 Å². The number of amides is 1. The Morgan fingerprint density at radius 1 is 1.56 bits per heavy atom. The van der Waals surface area contributed by atoms with E-state index in [0.29, 0.717) is 0 Å². The molecule has 1 aromatic rings. The zero-order valence-electron chi connectivity index (χ0n) is 8.97. The molecule has 16 heavy (non-hydrogen) atoms. The second kappa shape index (κ2) is 6.24. The maximum absolute atomic E-state index is 11.5. The number of rotatable bonds is 6. The lowest BCUT2D eigenvalue weighted by Crippen LogP contribution is -2.52. The van der Waals surface area contributed by atoms with E-state index in [2.05, 4.69) is 5.32 Å². The molecule has 1 heterocycles. The second-order valence-corrected chi connectivity index (χ2v) is 5.87. The van der Waals surface area contributed by atoms with Crippen LogP contribution in [-0.4, -0.2) is 40.6 Å². The minimum Gasteiger partial charge on any atom is -0.394 e. The van der Waals surface area contributed by atoms with E-state index in [1.165, 1.54) is 11.8 Å². The molecule has 6 heteroatoms. The molecule has 4 nitrogen and oxygen atoms in total. The summed E-state index contributed by atoms with van der Waals surface area (Å²) in [6, 6.07) is 3.87. The predicted octanol–water partition coefficient (Wildman–Crippen LogP) is 0.700. The highest BCUT2D eigenvalue weighted by Crippen LogP contribution is 2.22. The van der Waals surface area contributed by atoms with E-state index in [1.807, 2.05) is 17.5 Å². The normalized spacial score (nSPS) is 11.4. The molecule has 0 atom stereocenters. The summed E-state index contributed by atoms with van der Waals surface area (Å²) in [6.45, 7) is 1.04. The third-order valence-electron chi connectivity index (χ3n) is 1.98. The molecule has 0 aliphatic carbocycles. The lowest BCUT2D eigenvalue weighted by molar-refractivity contribution is -0.121. The first-order valence-electron chi connectivity index (χ1n) is 4.79. The molecule has 0 aliphatic heterocycles. The van der Waals surface area contributed by atoms with Gasteiger partial charge in [0, 0.05) is 0 Å². The van der Waals surface area contributed by atoms with Gasteiger partial charge >= 0.3 is 0 Å². The van der Waals surface area contributed by atoms with Gasteiger partial charge in [-0.1, -0.05) is 6.07 Å². The van der Waals surface area contributed by atoms with Crippen LogP contribution in [0, 0.1) is 0 Å². The fourth-order valence-electron chi connectivity index (χ4n) is 0.984. The van der Waals surface area contributed by atoms with Crippen molar-refractivity contribution >= 4 is 29.0 Å². The van der Waals surface area contributed by atoms with Gasteiger partial charge in [0.2, 0.25) is 5.91 Å². The van der Waals surface area contributed by atoms with Gasteiger partial charge in [0.25, 0.3) is 0 Å². The van der Waals surface area contributed by atoms with E-state index in [-0.39, 0.29) is 24.9 Å². The number of carbonyl (C=O) groups is 1. The third kappa shape index (κ3) is 4.13. The first-order valence-corrected chi connectivity index (χ1v) is 6.65. The van der Waals surface area contributed by atoms with Gasteiger partial charge in [-0.15, -0.1) is 23.1 Å². The van der Waals surface area contributed by atoms with Crippen molar-refractivity contribution in [2.45, 2.75) is 16.7 Å². The van der Waals surface area contributed by atoms with E-state index in [4.69, 9.17) is 10.2 Å². The molecule has 1 rings (SSSR count). The molecular weight excluding hydrogens is 246 g/mol. The molecule has 0 fully saturated rings. The number of hydrogen-bond donors (Lipinski definition) is 3. The van der Waals surface area contributed by atoms with Crippen LogP contribution in [0.1, 0.15) is 6.92 Å². The average molecular weight is 261 g/mol. The summed E-state index contributed by atoms with van der Waals surface area (Å²) in [4.78, 5) is 11.5. The van der Waals surface area contributed by atoms with Crippen molar-refractivity contribution in [3.05, 3.63) is 17.5 Å². The summed E-state index contributed by atoms with van der Waals surface area (Å²) in [6.07, 6.45) is 0. The van der Waals surface area contributed by atoms with Gasteiger partial charge in [-0.05, 0) is 18.4 Å². The predicted molar refractivity (Wildman–Crippen MR) is 65.8 cm³/mol. The molecule has 0 aromatic carbocycles. The molecule has 0 saturated carbocycles. The highest BCUT2D eigenvalue weighted by atomic mass is 32.2. The van der Waals surface area contributed by atoms with Crippen LogP contribution in [0.3, 0.4) is 0 Å².